The summed E-state index contributed by atoms with van der Waals surface area (Å²) in [6.07, 6.45) is -0.0425. The van der Waals surface area contributed by atoms with Gasteiger partial charge in [0.25, 0.3) is 10.0 Å². The van der Waals surface area contributed by atoms with E-state index in [9.17, 15) is 18.0 Å². The molecule has 4 rings (SSSR count). The summed E-state index contributed by atoms with van der Waals surface area (Å²) in [6, 6.07) is 14.0. The van der Waals surface area contributed by atoms with Crippen LogP contribution in [-0.2, 0) is 21.2 Å². The molecule has 0 aliphatic heterocycles. The first-order valence-electron chi connectivity index (χ1n) is 10.4. The molecule has 4 aromatic rings. The summed E-state index contributed by atoms with van der Waals surface area (Å²) in [5.74, 6) is 0.278. The fraction of sp³-hybridized carbons (Fsp3) is 0.167. The molecule has 0 fully saturated rings. The second-order valence-corrected chi connectivity index (χ2v) is 9.57. The summed E-state index contributed by atoms with van der Waals surface area (Å²) in [7, 11) is -3.87. The van der Waals surface area contributed by atoms with E-state index < -0.39 is 15.6 Å². The molecule has 10 heteroatoms. The highest BCUT2D eigenvalue weighted by atomic mass is 32.2. The van der Waals surface area contributed by atoms with Crippen molar-refractivity contribution in [2.75, 3.05) is 10.0 Å². The number of nitrogens with zero attached hydrogens (tertiary/aromatic N) is 2. The number of aromatic nitrogens is 2. The Balaban J connectivity index is 1.48. The van der Waals surface area contributed by atoms with Gasteiger partial charge in [0.2, 0.25) is 5.91 Å². The van der Waals surface area contributed by atoms with E-state index in [0.29, 0.717) is 33.7 Å². The standard InChI is InChI=1S/C24H22N4O5S/c1-14-4-9-20-17(13-24(30)33-21(20)10-14)12-23(29)27-18-5-7-19(8-6-18)34(31,32)28-22-11-15(2)25-16(3)26-22/h4-11,13H,12H2,1-3H3,(H,27,29)(H,25,26,28). The highest BCUT2D eigenvalue weighted by Gasteiger charge is 2.16. The molecule has 0 bridgehead atoms. The summed E-state index contributed by atoms with van der Waals surface area (Å²) in [5.41, 5.74) is 2.43. The Kier molecular flexibility index (Phi) is 6.16. The van der Waals surface area contributed by atoms with Gasteiger partial charge in [0, 0.05) is 28.9 Å². The number of hydrogen-bond donors (Lipinski definition) is 2. The highest BCUT2D eigenvalue weighted by Crippen LogP contribution is 2.21. The maximum atomic E-state index is 12.7. The predicted molar refractivity (Wildman–Crippen MR) is 128 cm³/mol. The van der Waals surface area contributed by atoms with Crippen LogP contribution in [0.2, 0.25) is 0 Å². The number of aryl methyl sites for hydroxylation is 3. The Bertz CT molecular complexity index is 1540. The molecule has 2 heterocycles. The molecule has 0 radical (unpaired) electrons. The van der Waals surface area contributed by atoms with Gasteiger partial charge in [-0.15, -0.1) is 0 Å². The molecule has 9 nitrogen and oxygen atoms in total. The third-order valence-electron chi connectivity index (χ3n) is 4.99. The smallest absolute Gasteiger partial charge is 0.336 e. The van der Waals surface area contributed by atoms with Crippen molar-refractivity contribution in [1.29, 1.82) is 0 Å². The zero-order valence-electron chi connectivity index (χ0n) is 18.7. The molecule has 0 atom stereocenters. The van der Waals surface area contributed by atoms with Gasteiger partial charge in [-0.05, 0) is 62.2 Å². The van der Waals surface area contributed by atoms with Crippen molar-refractivity contribution in [2.45, 2.75) is 32.1 Å². The number of nitrogens with one attached hydrogen (secondary N) is 2. The molecule has 0 saturated carbocycles. The van der Waals surface area contributed by atoms with Gasteiger partial charge in [-0.1, -0.05) is 12.1 Å². The topological polar surface area (TPSA) is 131 Å². The molecule has 2 aromatic carbocycles. The van der Waals surface area contributed by atoms with E-state index in [0.717, 1.165) is 5.56 Å². The van der Waals surface area contributed by atoms with Gasteiger partial charge >= 0.3 is 5.63 Å². The first kappa shape index (κ1) is 23.1. The summed E-state index contributed by atoms with van der Waals surface area (Å²) < 4.78 is 33.0. The van der Waals surface area contributed by atoms with E-state index in [-0.39, 0.29) is 23.0 Å². The average Bonchev–Trinajstić information content (AvgIpc) is 2.72. The molecule has 2 aromatic heterocycles. The monoisotopic (exact) mass is 478 g/mol. The van der Waals surface area contributed by atoms with Crippen LogP contribution in [0.5, 0.6) is 0 Å². The first-order chi connectivity index (χ1) is 16.1. The van der Waals surface area contributed by atoms with Gasteiger partial charge in [0.15, 0.2) is 0 Å². The highest BCUT2D eigenvalue weighted by molar-refractivity contribution is 7.92. The Labute approximate surface area is 195 Å². The number of carbonyl (C=O) groups is 1. The minimum absolute atomic E-state index is 0.0152. The summed E-state index contributed by atoms with van der Waals surface area (Å²) in [6.45, 7) is 5.30. The number of benzene rings is 2. The second kappa shape index (κ2) is 9.06. The first-order valence-corrected chi connectivity index (χ1v) is 11.9. The molecule has 0 saturated heterocycles. The van der Waals surface area contributed by atoms with E-state index in [1.807, 2.05) is 19.1 Å². The van der Waals surface area contributed by atoms with E-state index in [1.165, 1.54) is 36.4 Å². The predicted octanol–water partition coefficient (Wildman–Crippen LogP) is 3.49. The van der Waals surface area contributed by atoms with Crippen molar-refractivity contribution in [3.63, 3.8) is 0 Å². The quantitative estimate of drug-likeness (QED) is 0.406. The van der Waals surface area contributed by atoms with Gasteiger partial charge in [-0.2, -0.15) is 0 Å². The van der Waals surface area contributed by atoms with Crippen LogP contribution in [0.1, 0.15) is 22.6 Å². The average molecular weight is 479 g/mol. The Morgan fingerprint density at radius 3 is 2.41 bits per heavy atom. The minimum Gasteiger partial charge on any atom is -0.423 e. The third kappa shape index (κ3) is 5.29. The largest absolute Gasteiger partial charge is 0.423 e. The lowest BCUT2D eigenvalue weighted by Gasteiger charge is -2.10. The molecule has 0 aliphatic carbocycles. The Morgan fingerprint density at radius 2 is 1.71 bits per heavy atom. The zero-order valence-corrected chi connectivity index (χ0v) is 19.6. The lowest BCUT2D eigenvalue weighted by Crippen LogP contribution is -2.17. The second-order valence-electron chi connectivity index (χ2n) is 7.89. The number of carbonyl (C=O) groups excluding carboxylic acids is 1. The summed E-state index contributed by atoms with van der Waals surface area (Å²) in [4.78, 5) is 32.7. The Hall–Kier alpha value is -4.05. The number of sulfonamides is 1. The Morgan fingerprint density at radius 1 is 0.971 bits per heavy atom. The van der Waals surface area contributed by atoms with Crippen molar-refractivity contribution >= 4 is 38.4 Å². The molecular weight excluding hydrogens is 456 g/mol. The van der Waals surface area contributed by atoms with Gasteiger partial charge in [0.1, 0.15) is 17.2 Å². The molecular formula is C24H22N4O5S. The SMILES string of the molecule is Cc1ccc2c(CC(=O)Nc3ccc(S(=O)(=O)Nc4cc(C)nc(C)n4)cc3)cc(=O)oc2c1. The van der Waals surface area contributed by atoms with Gasteiger partial charge in [0.05, 0.1) is 11.3 Å². The minimum atomic E-state index is -3.87. The van der Waals surface area contributed by atoms with Crippen LogP contribution in [0.15, 0.2) is 68.7 Å². The number of fused-ring (bicyclic) bond motifs is 1. The van der Waals surface area contributed by atoms with Crippen LogP contribution >= 0.6 is 0 Å². The summed E-state index contributed by atoms with van der Waals surface area (Å²) >= 11 is 0. The van der Waals surface area contributed by atoms with Crippen molar-refractivity contribution in [3.8, 4) is 0 Å². The maximum absolute atomic E-state index is 12.7. The van der Waals surface area contributed by atoms with Gasteiger partial charge < -0.3 is 9.73 Å². The molecule has 0 aliphatic rings. The van der Waals surface area contributed by atoms with Crippen LogP contribution in [0, 0.1) is 20.8 Å². The molecule has 0 spiro atoms. The van der Waals surface area contributed by atoms with Crippen molar-refractivity contribution in [1.82, 2.24) is 9.97 Å². The number of anilines is 2. The molecule has 174 valence electrons. The normalized spacial score (nSPS) is 11.4. The van der Waals surface area contributed by atoms with Crippen molar-refractivity contribution in [2.24, 2.45) is 0 Å². The number of hydrogen-bond acceptors (Lipinski definition) is 7. The fourth-order valence-electron chi connectivity index (χ4n) is 3.54. The van der Waals surface area contributed by atoms with Crippen LogP contribution in [-0.4, -0.2) is 24.3 Å². The molecule has 2 N–H and O–H groups in total. The van der Waals surface area contributed by atoms with Crippen LogP contribution in [0.3, 0.4) is 0 Å². The molecule has 0 unspecified atom stereocenters. The van der Waals surface area contributed by atoms with E-state index in [2.05, 4.69) is 20.0 Å². The van der Waals surface area contributed by atoms with Crippen LogP contribution in [0.4, 0.5) is 11.5 Å². The zero-order chi connectivity index (χ0) is 24.5. The van der Waals surface area contributed by atoms with Crippen molar-refractivity contribution in [3.05, 3.63) is 87.7 Å². The third-order valence-corrected chi connectivity index (χ3v) is 6.36. The number of rotatable bonds is 6. The van der Waals surface area contributed by atoms with E-state index >= 15 is 0 Å². The van der Waals surface area contributed by atoms with E-state index in [1.54, 1.807) is 19.9 Å². The van der Waals surface area contributed by atoms with Gasteiger partial charge in [-0.3, -0.25) is 9.52 Å². The van der Waals surface area contributed by atoms with Gasteiger partial charge in [-0.25, -0.2) is 23.2 Å². The fourth-order valence-corrected chi connectivity index (χ4v) is 4.54. The number of amides is 1. The lowest BCUT2D eigenvalue weighted by atomic mass is 10.1. The van der Waals surface area contributed by atoms with Crippen LogP contribution < -0.4 is 15.7 Å². The maximum Gasteiger partial charge on any atom is 0.336 e. The summed E-state index contributed by atoms with van der Waals surface area (Å²) in [5, 5.41) is 3.41. The molecule has 1 amide bonds. The van der Waals surface area contributed by atoms with Crippen LogP contribution in [0.25, 0.3) is 11.0 Å². The lowest BCUT2D eigenvalue weighted by molar-refractivity contribution is -0.115. The molecule has 34 heavy (non-hydrogen) atoms. The van der Waals surface area contributed by atoms with Crippen molar-refractivity contribution < 1.29 is 17.6 Å². The van der Waals surface area contributed by atoms with E-state index in [4.69, 9.17) is 4.42 Å².